The maximum atomic E-state index is 12.5. The number of tetrazole rings is 1. The maximum Gasteiger partial charge on any atom is 0.416 e. The Hall–Kier alpha value is -2.70. The predicted molar refractivity (Wildman–Crippen MR) is 73.8 cm³/mol. The van der Waals surface area contributed by atoms with E-state index in [1.165, 1.54) is 16.9 Å². The van der Waals surface area contributed by atoms with E-state index >= 15 is 0 Å². The summed E-state index contributed by atoms with van der Waals surface area (Å²) >= 11 is 0. The third kappa shape index (κ3) is 3.13. The highest BCUT2D eigenvalue weighted by Gasteiger charge is 2.30. The van der Waals surface area contributed by atoms with Gasteiger partial charge in [0.25, 0.3) is 0 Å². The van der Waals surface area contributed by atoms with Crippen molar-refractivity contribution in [3.05, 3.63) is 65.7 Å². The topological polar surface area (TPSA) is 43.6 Å². The van der Waals surface area contributed by atoms with Crippen LogP contribution < -0.4 is 0 Å². The van der Waals surface area contributed by atoms with Crippen molar-refractivity contribution in [1.29, 1.82) is 0 Å². The van der Waals surface area contributed by atoms with Crippen LogP contribution in [0.3, 0.4) is 0 Å². The Morgan fingerprint density at radius 1 is 0.909 bits per heavy atom. The van der Waals surface area contributed by atoms with E-state index in [4.69, 9.17) is 0 Å². The summed E-state index contributed by atoms with van der Waals surface area (Å²) in [5.41, 5.74) is 0.805. The maximum absolute atomic E-state index is 12.5. The molecular formula is C15H11F3N4. The molecule has 4 nitrogen and oxygen atoms in total. The summed E-state index contributed by atoms with van der Waals surface area (Å²) in [5, 5.41) is 12.0. The molecule has 112 valence electrons. The lowest BCUT2D eigenvalue weighted by Crippen LogP contribution is -2.04. The number of hydrogen-bond acceptors (Lipinski definition) is 3. The standard InChI is InChI=1S/C15H11F3N4/c16-15(17,18)13-8-6-12(7-9-13)14-19-21-22(20-14)10-11-4-2-1-3-5-11/h1-9H,10H2. The van der Waals surface area contributed by atoms with Crippen LogP contribution in [0.1, 0.15) is 11.1 Å². The molecular weight excluding hydrogens is 293 g/mol. The van der Waals surface area contributed by atoms with Crippen LogP contribution in [0.2, 0.25) is 0 Å². The third-order valence-electron chi connectivity index (χ3n) is 3.09. The van der Waals surface area contributed by atoms with Gasteiger partial charge in [-0.15, -0.1) is 10.2 Å². The molecule has 0 aliphatic rings. The number of alkyl halides is 3. The lowest BCUT2D eigenvalue weighted by atomic mass is 10.1. The minimum absolute atomic E-state index is 0.296. The van der Waals surface area contributed by atoms with E-state index in [9.17, 15) is 13.2 Å². The van der Waals surface area contributed by atoms with Gasteiger partial charge in [-0.2, -0.15) is 18.0 Å². The summed E-state index contributed by atoms with van der Waals surface area (Å²) in [6, 6.07) is 14.3. The zero-order chi connectivity index (χ0) is 15.6. The lowest BCUT2D eigenvalue weighted by Gasteiger charge is -2.05. The van der Waals surface area contributed by atoms with Crippen molar-refractivity contribution < 1.29 is 13.2 Å². The van der Waals surface area contributed by atoms with Gasteiger partial charge >= 0.3 is 6.18 Å². The molecule has 2 aromatic carbocycles. The number of halogens is 3. The summed E-state index contributed by atoms with van der Waals surface area (Å²) in [7, 11) is 0. The molecule has 0 atom stereocenters. The quantitative estimate of drug-likeness (QED) is 0.745. The second kappa shape index (κ2) is 5.59. The van der Waals surface area contributed by atoms with E-state index < -0.39 is 11.7 Å². The van der Waals surface area contributed by atoms with Gasteiger partial charge in [0.1, 0.15) is 0 Å². The highest BCUT2D eigenvalue weighted by molar-refractivity contribution is 5.54. The molecule has 0 amide bonds. The molecule has 0 spiro atoms. The van der Waals surface area contributed by atoms with Gasteiger partial charge in [0.05, 0.1) is 12.1 Å². The van der Waals surface area contributed by atoms with Crippen LogP contribution in [0, 0.1) is 0 Å². The van der Waals surface area contributed by atoms with Crippen LogP contribution >= 0.6 is 0 Å². The second-order valence-corrected chi connectivity index (χ2v) is 4.70. The van der Waals surface area contributed by atoms with Crippen molar-refractivity contribution in [2.75, 3.05) is 0 Å². The molecule has 1 aromatic heterocycles. The molecule has 0 aliphatic heterocycles. The molecule has 1 heterocycles. The van der Waals surface area contributed by atoms with Gasteiger partial charge in [-0.25, -0.2) is 0 Å². The minimum atomic E-state index is -4.35. The molecule has 0 bridgehead atoms. The first-order valence-electron chi connectivity index (χ1n) is 6.52. The summed E-state index contributed by atoms with van der Waals surface area (Å²) in [6.45, 7) is 0.453. The highest BCUT2D eigenvalue weighted by atomic mass is 19.4. The molecule has 0 aliphatic carbocycles. The zero-order valence-corrected chi connectivity index (χ0v) is 11.3. The number of aromatic nitrogens is 4. The van der Waals surface area contributed by atoms with Crippen LogP contribution in [-0.4, -0.2) is 20.2 Å². The minimum Gasteiger partial charge on any atom is -0.166 e. The molecule has 0 radical (unpaired) electrons. The van der Waals surface area contributed by atoms with Gasteiger partial charge in [-0.3, -0.25) is 0 Å². The van der Waals surface area contributed by atoms with Crippen molar-refractivity contribution in [1.82, 2.24) is 20.2 Å². The molecule has 0 saturated carbocycles. The van der Waals surface area contributed by atoms with E-state index in [2.05, 4.69) is 15.4 Å². The fourth-order valence-electron chi connectivity index (χ4n) is 1.98. The van der Waals surface area contributed by atoms with Crippen LogP contribution in [-0.2, 0) is 12.7 Å². The van der Waals surface area contributed by atoms with Crippen molar-refractivity contribution >= 4 is 0 Å². The molecule has 3 rings (SSSR count). The molecule has 22 heavy (non-hydrogen) atoms. The summed E-state index contributed by atoms with van der Waals surface area (Å²) in [5.74, 6) is 0.296. The normalized spacial score (nSPS) is 11.6. The molecule has 0 saturated heterocycles. The fourth-order valence-corrected chi connectivity index (χ4v) is 1.98. The molecule has 0 N–H and O–H groups in total. The van der Waals surface area contributed by atoms with E-state index in [-0.39, 0.29) is 0 Å². The summed E-state index contributed by atoms with van der Waals surface area (Å²) < 4.78 is 37.6. The van der Waals surface area contributed by atoms with E-state index in [0.717, 1.165) is 17.7 Å². The Morgan fingerprint density at radius 2 is 1.59 bits per heavy atom. The first kappa shape index (κ1) is 14.2. The first-order chi connectivity index (χ1) is 10.5. The highest BCUT2D eigenvalue weighted by Crippen LogP contribution is 2.30. The number of nitrogens with zero attached hydrogens (tertiary/aromatic N) is 4. The SMILES string of the molecule is FC(F)(F)c1ccc(-c2nnn(Cc3ccccc3)n2)cc1. The largest absolute Gasteiger partial charge is 0.416 e. The van der Waals surface area contributed by atoms with Crippen LogP contribution in [0.25, 0.3) is 11.4 Å². The lowest BCUT2D eigenvalue weighted by molar-refractivity contribution is -0.137. The fraction of sp³-hybridized carbons (Fsp3) is 0.133. The number of benzene rings is 2. The van der Waals surface area contributed by atoms with Crippen LogP contribution in [0.4, 0.5) is 13.2 Å². The van der Waals surface area contributed by atoms with Gasteiger partial charge in [-0.05, 0) is 22.9 Å². The summed E-state index contributed by atoms with van der Waals surface area (Å²) in [4.78, 5) is 1.41. The monoisotopic (exact) mass is 304 g/mol. The second-order valence-electron chi connectivity index (χ2n) is 4.70. The van der Waals surface area contributed by atoms with Gasteiger partial charge in [0, 0.05) is 5.56 Å². The van der Waals surface area contributed by atoms with E-state index in [1.807, 2.05) is 30.3 Å². The molecule has 0 unspecified atom stereocenters. The van der Waals surface area contributed by atoms with Crippen molar-refractivity contribution in [2.24, 2.45) is 0 Å². The molecule has 7 heteroatoms. The van der Waals surface area contributed by atoms with Gasteiger partial charge in [-0.1, -0.05) is 42.5 Å². The summed E-state index contributed by atoms with van der Waals surface area (Å²) in [6.07, 6.45) is -4.35. The number of rotatable bonds is 3. The van der Waals surface area contributed by atoms with Crippen LogP contribution in [0.5, 0.6) is 0 Å². The Labute approximate surface area is 124 Å². The Balaban J connectivity index is 1.79. The van der Waals surface area contributed by atoms with Crippen molar-refractivity contribution in [3.8, 4) is 11.4 Å². The third-order valence-corrected chi connectivity index (χ3v) is 3.09. The average molecular weight is 304 g/mol. The Morgan fingerprint density at radius 3 is 2.23 bits per heavy atom. The Kier molecular flexibility index (Phi) is 3.62. The molecule has 0 fully saturated rings. The van der Waals surface area contributed by atoms with E-state index in [1.54, 1.807) is 0 Å². The predicted octanol–water partition coefficient (Wildman–Crippen LogP) is 3.41. The van der Waals surface area contributed by atoms with Gasteiger partial charge < -0.3 is 0 Å². The first-order valence-corrected chi connectivity index (χ1v) is 6.52. The smallest absolute Gasteiger partial charge is 0.166 e. The van der Waals surface area contributed by atoms with Crippen LogP contribution in [0.15, 0.2) is 54.6 Å². The average Bonchev–Trinajstić information content (AvgIpc) is 2.96. The van der Waals surface area contributed by atoms with Crippen molar-refractivity contribution in [2.45, 2.75) is 12.7 Å². The number of hydrogen-bond donors (Lipinski definition) is 0. The zero-order valence-electron chi connectivity index (χ0n) is 11.3. The van der Waals surface area contributed by atoms with Gasteiger partial charge in [0.15, 0.2) is 0 Å². The molecule has 3 aromatic rings. The Bertz CT molecular complexity index is 748. The van der Waals surface area contributed by atoms with Gasteiger partial charge in [0.2, 0.25) is 5.82 Å². The van der Waals surface area contributed by atoms with Crippen molar-refractivity contribution in [3.63, 3.8) is 0 Å². The van der Waals surface area contributed by atoms with E-state index in [0.29, 0.717) is 17.9 Å².